The Balaban J connectivity index is 2.11. The van der Waals surface area contributed by atoms with Gasteiger partial charge in [-0.15, -0.1) is 11.8 Å². The van der Waals surface area contributed by atoms with Crippen LogP contribution in [0.15, 0.2) is 30.3 Å². The molecule has 5 nitrogen and oxygen atoms in total. The van der Waals surface area contributed by atoms with Crippen LogP contribution in [-0.4, -0.2) is 40.4 Å². The fourth-order valence-electron chi connectivity index (χ4n) is 2.70. The normalized spacial score (nSPS) is 21.8. The molecule has 1 atom stereocenters. The minimum Gasteiger partial charge on any atom is -0.444 e. The van der Waals surface area contributed by atoms with E-state index in [-0.39, 0.29) is 11.0 Å². The fourth-order valence-corrected chi connectivity index (χ4v) is 3.75. The minimum absolute atomic E-state index is 0.256. The number of nitrogens with zero attached hydrogens (tertiary/aromatic N) is 1. The Morgan fingerprint density at radius 1 is 1.39 bits per heavy atom. The summed E-state index contributed by atoms with van der Waals surface area (Å²) < 4.78 is 5.52. The standard InChI is InChI=1S/C17H27N3O2S/c1-16(2,3)22-15(21)20-11-7-10-17(12-20,23-13-18)19-14-8-5-4-6-9-14/h4-6,8-9,19H,7,10-13,18H2,1-3H3. The third-order valence-electron chi connectivity index (χ3n) is 3.61. The topological polar surface area (TPSA) is 67.6 Å². The van der Waals surface area contributed by atoms with Crippen LogP contribution >= 0.6 is 11.8 Å². The number of hydrogen-bond acceptors (Lipinski definition) is 5. The van der Waals surface area contributed by atoms with E-state index in [0.29, 0.717) is 12.4 Å². The van der Waals surface area contributed by atoms with E-state index in [1.165, 1.54) is 0 Å². The second-order valence-electron chi connectivity index (χ2n) is 6.80. The van der Waals surface area contributed by atoms with Crippen molar-refractivity contribution >= 4 is 23.5 Å². The van der Waals surface area contributed by atoms with E-state index >= 15 is 0 Å². The highest BCUT2D eigenvalue weighted by molar-refractivity contribution is 8.00. The zero-order valence-electron chi connectivity index (χ0n) is 14.2. The van der Waals surface area contributed by atoms with Crippen molar-refractivity contribution in [3.8, 4) is 0 Å². The number of piperidine rings is 1. The average Bonchev–Trinajstić information content (AvgIpc) is 2.47. The molecule has 1 aromatic carbocycles. The van der Waals surface area contributed by atoms with Crippen LogP contribution in [0.25, 0.3) is 0 Å². The molecule has 6 heteroatoms. The monoisotopic (exact) mass is 337 g/mol. The number of hydrogen-bond donors (Lipinski definition) is 2. The van der Waals surface area contributed by atoms with Gasteiger partial charge in [0, 0.05) is 18.1 Å². The maximum Gasteiger partial charge on any atom is 0.410 e. The summed E-state index contributed by atoms with van der Waals surface area (Å²) in [6.07, 6.45) is 1.63. The molecule has 1 aliphatic rings. The lowest BCUT2D eigenvalue weighted by molar-refractivity contribution is 0.0195. The lowest BCUT2D eigenvalue weighted by Crippen LogP contribution is -2.54. The molecule has 1 aliphatic heterocycles. The number of nitrogens with two attached hydrogens (primary N) is 1. The maximum atomic E-state index is 12.4. The zero-order chi connectivity index (χ0) is 16.9. The molecule has 0 saturated carbocycles. The number of nitrogens with one attached hydrogen (secondary N) is 1. The summed E-state index contributed by atoms with van der Waals surface area (Å²) in [6.45, 7) is 6.97. The van der Waals surface area contributed by atoms with Crippen molar-refractivity contribution in [3.63, 3.8) is 0 Å². The van der Waals surface area contributed by atoms with E-state index in [4.69, 9.17) is 10.5 Å². The molecule has 128 valence electrons. The van der Waals surface area contributed by atoms with Crippen molar-refractivity contribution in [2.75, 3.05) is 24.3 Å². The Morgan fingerprint density at radius 3 is 2.70 bits per heavy atom. The van der Waals surface area contributed by atoms with E-state index in [9.17, 15) is 4.79 Å². The minimum atomic E-state index is -0.481. The molecule has 1 unspecified atom stereocenters. The molecule has 23 heavy (non-hydrogen) atoms. The molecule has 1 aromatic rings. The molecule has 1 fully saturated rings. The smallest absolute Gasteiger partial charge is 0.410 e. The Hall–Kier alpha value is -1.40. The van der Waals surface area contributed by atoms with Crippen LogP contribution in [-0.2, 0) is 4.74 Å². The summed E-state index contributed by atoms with van der Waals surface area (Å²) in [7, 11) is 0. The second-order valence-corrected chi connectivity index (χ2v) is 8.21. The summed E-state index contributed by atoms with van der Waals surface area (Å²) in [5.74, 6) is 0.502. The predicted octanol–water partition coefficient (Wildman–Crippen LogP) is 3.48. The first kappa shape index (κ1) is 17.9. The number of carbonyl (C=O) groups is 1. The Labute approximate surface area is 142 Å². The number of ether oxygens (including phenoxy) is 1. The SMILES string of the molecule is CC(C)(C)OC(=O)N1CCCC(Nc2ccccc2)(SCN)C1. The average molecular weight is 337 g/mol. The molecule has 0 aromatic heterocycles. The Morgan fingerprint density at radius 2 is 2.09 bits per heavy atom. The number of anilines is 1. The van der Waals surface area contributed by atoms with E-state index in [1.807, 2.05) is 51.1 Å². The van der Waals surface area contributed by atoms with Crippen molar-refractivity contribution in [2.45, 2.75) is 44.1 Å². The first-order valence-corrected chi connectivity index (χ1v) is 8.97. The zero-order valence-corrected chi connectivity index (χ0v) is 15.0. The summed E-state index contributed by atoms with van der Waals surface area (Å²) in [4.78, 5) is 13.9. The van der Waals surface area contributed by atoms with Crippen LogP contribution in [0.2, 0.25) is 0 Å². The van der Waals surface area contributed by atoms with Crippen LogP contribution in [0.4, 0.5) is 10.5 Å². The number of benzene rings is 1. The first-order valence-electron chi connectivity index (χ1n) is 7.99. The summed E-state index contributed by atoms with van der Waals surface area (Å²) in [6, 6.07) is 10.0. The van der Waals surface area contributed by atoms with Gasteiger partial charge in [-0.25, -0.2) is 4.79 Å². The molecular formula is C17H27N3O2S. The van der Waals surface area contributed by atoms with Gasteiger partial charge in [-0.2, -0.15) is 0 Å². The molecule has 0 bridgehead atoms. The van der Waals surface area contributed by atoms with Gasteiger partial charge in [-0.3, -0.25) is 0 Å². The largest absolute Gasteiger partial charge is 0.444 e. The second kappa shape index (κ2) is 7.45. The van der Waals surface area contributed by atoms with Crippen LogP contribution in [0, 0.1) is 0 Å². The van der Waals surface area contributed by atoms with Gasteiger partial charge in [-0.1, -0.05) is 18.2 Å². The number of thioether (sulfide) groups is 1. The molecular weight excluding hydrogens is 310 g/mol. The van der Waals surface area contributed by atoms with Crippen molar-refractivity contribution < 1.29 is 9.53 Å². The van der Waals surface area contributed by atoms with Crippen molar-refractivity contribution in [1.29, 1.82) is 0 Å². The summed E-state index contributed by atoms with van der Waals surface area (Å²) in [5, 5.41) is 3.58. The van der Waals surface area contributed by atoms with Crippen molar-refractivity contribution in [3.05, 3.63) is 30.3 Å². The quantitative estimate of drug-likeness (QED) is 0.824. The van der Waals surface area contributed by atoms with E-state index in [1.54, 1.807) is 16.7 Å². The molecule has 1 heterocycles. The van der Waals surface area contributed by atoms with Gasteiger partial charge in [0.05, 0.1) is 6.54 Å². The Bertz CT molecular complexity index is 514. The van der Waals surface area contributed by atoms with Gasteiger partial charge < -0.3 is 20.7 Å². The maximum absolute atomic E-state index is 12.4. The van der Waals surface area contributed by atoms with E-state index < -0.39 is 5.60 Å². The van der Waals surface area contributed by atoms with Gasteiger partial charge in [0.25, 0.3) is 0 Å². The van der Waals surface area contributed by atoms with Crippen LogP contribution in [0.1, 0.15) is 33.6 Å². The van der Waals surface area contributed by atoms with Gasteiger partial charge in [0.1, 0.15) is 10.5 Å². The highest BCUT2D eigenvalue weighted by Gasteiger charge is 2.38. The van der Waals surface area contributed by atoms with Crippen molar-refractivity contribution in [1.82, 2.24) is 4.90 Å². The van der Waals surface area contributed by atoms with Crippen LogP contribution in [0.5, 0.6) is 0 Å². The molecule has 1 amide bonds. The van der Waals surface area contributed by atoms with Gasteiger partial charge in [-0.05, 0) is 45.7 Å². The number of carbonyl (C=O) groups excluding carboxylic acids is 1. The van der Waals surface area contributed by atoms with E-state index in [0.717, 1.165) is 25.1 Å². The Kier molecular flexibility index (Phi) is 5.81. The van der Waals surface area contributed by atoms with Crippen LogP contribution < -0.4 is 11.1 Å². The van der Waals surface area contributed by atoms with Gasteiger partial charge >= 0.3 is 6.09 Å². The molecule has 0 aliphatic carbocycles. The number of amides is 1. The molecule has 3 N–H and O–H groups in total. The predicted molar refractivity (Wildman–Crippen MR) is 96.5 cm³/mol. The molecule has 0 radical (unpaired) electrons. The summed E-state index contributed by atoms with van der Waals surface area (Å²) >= 11 is 1.65. The summed E-state index contributed by atoms with van der Waals surface area (Å²) in [5.41, 5.74) is 6.37. The molecule has 2 rings (SSSR count). The number of para-hydroxylation sites is 1. The lowest BCUT2D eigenvalue weighted by Gasteiger charge is -2.43. The highest BCUT2D eigenvalue weighted by Crippen LogP contribution is 2.35. The van der Waals surface area contributed by atoms with Crippen LogP contribution in [0.3, 0.4) is 0 Å². The fraction of sp³-hybridized carbons (Fsp3) is 0.588. The number of likely N-dealkylation sites (tertiary alicyclic amines) is 1. The number of rotatable bonds is 4. The molecule has 0 spiro atoms. The van der Waals surface area contributed by atoms with Crippen molar-refractivity contribution in [2.24, 2.45) is 5.73 Å². The van der Waals surface area contributed by atoms with E-state index in [2.05, 4.69) is 5.32 Å². The van der Waals surface area contributed by atoms with Gasteiger partial charge in [0.15, 0.2) is 0 Å². The van der Waals surface area contributed by atoms with Gasteiger partial charge in [0.2, 0.25) is 0 Å². The molecule has 1 saturated heterocycles. The highest BCUT2D eigenvalue weighted by atomic mass is 32.2. The first-order chi connectivity index (χ1) is 10.8. The lowest BCUT2D eigenvalue weighted by atomic mass is 10.0. The third-order valence-corrected chi connectivity index (χ3v) is 4.77. The third kappa shape index (κ3) is 5.32.